The third kappa shape index (κ3) is 6.38. The van der Waals surface area contributed by atoms with Crippen molar-refractivity contribution in [2.45, 2.75) is 17.7 Å². The molecule has 12 heteroatoms. The number of carbonyl (C=O) groups is 1. The first kappa shape index (κ1) is 25.6. The number of anilines is 5. The number of nitrogens with one attached hydrogen (secondary N) is 4. The monoisotopic (exact) mass is 573 g/mol. The minimum atomic E-state index is -3.23. The number of halogens is 1. The van der Waals surface area contributed by atoms with E-state index >= 15 is 0 Å². The van der Waals surface area contributed by atoms with Gasteiger partial charge in [-0.2, -0.15) is 4.98 Å². The van der Waals surface area contributed by atoms with Gasteiger partial charge in [0.15, 0.2) is 0 Å². The summed E-state index contributed by atoms with van der Waals surface area (Å²) in [7, 11) is 0.631. The maximum atomic E-state index is 13.5. The van der Waals surface area contributed by atoms with Crippen molar-refractivity contribution in [3.8, 4) is 5.75 Å². The lowest BCUT2D eigenvalue weighted by Crippen LogP contribution is -2.34. The van der Waals surface area contributed by atoms with E-state index in [9.17, 15) is 9.00 Å². The van der Waals surface area contributed by atoms with Crippen LogP contribution in [0.4, 0.5) is 33.6 Å². The van der Waals surface area contributed by atoms with Crippen LogP contribution in [0.3, 0.4) is 0 Å². The highest BCUT2D eigenvalue weighted by Gasteiger charge is 2.19. The summed E-state index contributed by atoms with van der Waals surface area (Å²) < 4.78 is 22.8. The van der Waals surface area contributed by atoms with Gasteiger partial charge in [-0.1, -0.05) is 0 Å². The van der Waals surface area contributed by atoms with Crippen LogP contribution in [-0.4, -0.2) is 53.3 Å². The van der Waals surface area contributed by atoms with E-state index in [1.807, 2.05) is 31.1 Å². The molecule has 36 heavy (non-hydrogen) atoms. The summed E-state index contributed by atoms with van der Waals surface area (Å²) >= 11 is 3.46. The van der Waals surface area contributed by atoms with Gasteiger partial charge in [0.2, 0.25) is 5.95 Å². The number of hydrogen-bond acceptors (Lipinski definition) is 8. The minimum Gasteiger partial charge on any atom is -0.492 e. The van der Waals surface area contributed by atoms with Crippen LogP contribution in [0.2, 0.25) is 0 Å². The van der Waals surface area contributed by atoms with E-state index in [0.717, 1.165) is 23.0 Å². The molecule has 3 aromatic rings. The van der Waals surface area contributed by atoms with Gasteiger partial charge >= 0.3 is 6.03 Å². The molecule has 10 nitrogen and oxygen atoms in total. The largest absolute Gasteiger partial charge is 0.492 e. The number of ether oxygens (including phenoxy) is 1. The SMILES string of the molecule is C=S(=O)(NC(=O)Nc1ccc(N(C)C)cc1)c1ccc2cc1OCCCCNc1nc(ncc1Br)N2. The van der Waals surface area contributed by atoms with Gasteiger partial charge in [-0.25, -0.2) is 14.0 Å². The van der Waals surface area contributed by atoms with Crippen molar-refractivity contribution in [3.63, 3.8) is 0 Å². The number of benzene rings is 2. The van der Waals surface area contributed by atoms with Crippen LogP contribution >= 0.6 is 15.9 Å². The molecule has 4 rings (SSSR count). The number of nitrogens with zero attached hydrogens (tertiary/aromatic N) is 3. The molecule has 0 fully saturated rings. The summed E-state index contributed by atoms with van der Waals surface area (Å²) in [5.74, 6) is 5.25. The maximum absolute atomic E-state index is 13.5. The zero-order chi connectivity index (χ0) is 25.7. The van der Waals surface area contributed by atoms with Crippen molar-refractivity contribution in [2.24, 2.45) is 0 Å². The van der Waals surface area contributed by atoms with Gasteiger partial charge in [-0.15, -0.1) is 0 Å². The number of fused-ring (bicyclic) bond motifs is 4. The maximum Gasteiger partial charge on any atom is 0.330 e. The number of aromatic nitrogens is 2. The first-order valence-electron chi connectivity index (χ1n) is 11.2. The van der Waals surface area contributed by atoms with Crippen LogP contribution in [0.5, 0.6) is 5.75 Å². The van der Waals surface area contributed by atoms with Gasteiger partial charge in [0.05, 0.1) is 25.7 Å². The Balaban J connectivity index is 1.54. The molecule has 4 bridgehead atoms. The number of hydrogen-bond donors (Lipinski definition) is 4. The van der Waals surface area contributed by atoms with Crippen molar-refractivity contribution >= 4 is 66.4 Å². The average Bonchev–Trinajstić information content (AvgIpc) is 2.83. The summed E-state index contributed by atoms with van der Waals surface area (Å²) in [4.78, 5) is 23.7. The van der Waals surface area contributed by atoms with Crippen LogP contribution in [0, 0.1) is 0 Å². The summed E-state index contributed by atoms with van der Waals surface area (Å²) in [6.45, 7) is 1.11. The smallest absolute Gasteiger partial charge is 0.330 e. The predicted molar refractivity (Wildman–Crippen MR) is 149 cm³/mol. The first-order valence-corrected chi connectivity index (χ1v) is 13.8. The van der Waals surface area contributed by atoms with Gasteiger partial charge in [-0.3, -0.25) is 4.72 Å². The van der Waals surface area contributed by atoms with Crippen molar-refractivity contribution < 1.29 is 13.7 Å². The highest BCUT2D eigenvalue weighted by molar-refractivity contribution is 9.10. The Labute approximate surface area is 219 Å². The molecule has 0 aliphatic carbocycles. The second-order valence-electron chi connectivity index (χ2n) is 8.33. The van der Waals surface area contributed by atoms with Crippen molar-refractivity contribution in [3.05, 3.63) is 53.1 Å². The fourth-order valence-electron chi connectivity index (χ4n) is 3.47. The van der Waals surface area contributed by atoms with E-state index in [1.165, 1.54) is 0 Å². The number of urea groups is 1. The Morgan fingerprint density at radius 2 is 1.97 bits per heavy atom. The lowest BCUT2D eigenvalue weighted by molar-refractivity contribution is 0.257. The van der Waals surface area contributed by atoms with E-state index in [2.05, 4.69) is 52.4 Å². The van der Waals surface area contributed by atoms with Crippen molar-refractivity contribution in [1.29, 1.82) is 0 Å². The predicted octanol–water partition coefficient (Wildman–Crippen LogP) is 4.45. The van der Waals surface area contributed by atoms with E-state index in [0.29, 0.717) is 42.0 Å². The third-order valence-corrected chi connectivity index (χ3v) is 7.46. The second kappa shape index (κ2) is 11.0. The van der Waals surface area contributed by atoms with Gasteiger partial charge in [0.1, 0.15) is 11.6 Å². The van der Waals surface area contributed by atoms with Crippen molar-refractivity contribution in [2.75, 3.05) is 48.1 Å². The molecule has 0 saturated carbocycles. The van der Waals surface area contributed by atoms with Crippen LogP contribution in [0.25, 0.3) is 0 Å². The molecule has 1 aliphatic rings. The molecule has 1 aliphatic heterocycles. The Hall–Kier alpha value is -3.51. The molecule has 1 atom stereocenters. The lowest BCUT2D eigenvalue weighted by atomic mass is 10.2. The topological polar surface area (TPSA) is 121 Å². The number of amides is 2. The summed E-state index contributed by atoms with van der Waals surface area (Å²) in [6.07, 6.45) is 3.26. The molecule has 2 amide bonds. The molecular weight excluding hydrogens is 546 g/mol. The molecule has 190 valence electrons. The van der Waals surface area contributed by atoms with E-state index in [4.69, 9.17) is 4.74 Å². The van der Waals surface area contributed by atoms with E-state index < -0.39 is 15.7 Å². The molecule has 1 aromatic heterocycles. The van der Waals surface area contributed by atoms with Gasteiger partial charge < -0.3 is 25.6 Å². The normalized spacial score (nSPS) is 14.8. The standard InChI is InChI=1S/C24H28BrN7O3S/c1-32(2)18-9-6-16(7-10-18)29-24(33)31-36(3,34)21-11-8-17-14-20(21)35-13-5-4-12-26-22-19(25)15-27-23(28-17)30-22/h6-11,14-15H,3-5,12-13H2,1-2H3,(H2,26,27,28,30)(H2,29,31,33,34). The summed E-state index contributed by atoms with van der Waals surface area (Å²) in [5.41, 5.74) is 2.20. The van der Waals surface area contributed by atoms with Gasteiger partial charge in [0, 0.05) is 50.0 Å². The molecular formula is C24H28BrN7O3S. The quantitative estimate of drug-likeness (QED) is 0.338. The van der Waals surface area contributed by atoms with E-state index in [1.54, 1.807) is 36.5 Å². The second-order valence-corrected chi connectivity index (χ2v) is 11.2. The molecule has 2 aromatic carbocycles. The van der Waals surface area contributed by atoms with Gasteiger partial charge in [-0.05, 0) is 71.0 Å². The Kier molecular flexibility index (Phi) is 7.85. The van der Waals surface area contributed by atoms with E-state index in [-0.39, 0.29) is 4.90 Å². The van der Waals surface area contributed by atoms with Crippen LogP contribution in [0.1, 0.15) is 12.8 Å². The van der Waals surface area contributed by atoms with Gasteiger partial charge in [0.25, 0.3) is 0 Å². The van der Waals surface area contributed by atoms with Crippen LogP contribution in [-0.2, 0) is 9.71 Å². The van der Waals surface area contributed by atoms with Crippen LogP contribution in [0.15, 0.2) is 58.0 Å². The van der Waals surface area contributed by atoms with Crippen LogP contribution < -0.4 is 30.3 Å². The Morgan fingerprint density at radius 3 is 2.72 bits per heavy atom. The first-order chi connectivity index (χ1) is 17.2. The van der Waals surface area contributed by atoms with Crippen molar-refractivity contribution in [1.82, 2.24) is 14.7 Å². The number of rotatable bonds is 4. The molecule has 4 N–H and O–H groups in total. The molecule has 0 saturated heterocycles. The summed E-state index contributed by atoms with van der Waals surface area (Å²) in [5, 5.41) is 9.11. The molecule has 0 radical (unpaired) electrons. The highest BCUT2D eigenvalue weighted by atomic mass is 79.9. The number of carbonyl (C=O) groups excluding carboxylic acids is 1. The minimum absolute atomic E-state index is 0.288. The zero-order valence-corrected chi connectivity index (χ0v) is 22.4. The molecule has 0 spiro atoms. The lowest BCUT2D eigenvalue weighted by Gasteiger charge is -2.18. The molecule has 1 unspecified atom stereocenters. The third-order valence-electron chi connectivity index (χ3n) is 5.32. The Bertz CT molecular complexity index is 1350. The Morgan fingerprint density at radius 1 is 1.19 bits per heavy atom. The highest BCUT2D eigenvalue weighted by Crippen LogP contribution is 2.30. The fourth-order valence-corrected chi connectivity index (χ4v) is 4.99. The summed E-state index contributed by atoms with van der Waals surface area (Å²) in [6, 6.07) is 11.7. The fraction of sp³-hybridized carbons (Fsp3) is 0.250. The average molecular weight is 575 g/mol. The molecule has 2 heterocycles. The zero-order valence-electron chi connectivity index (χ0n) is 20.0.